The highest BCUT2D eigenvalue weighted by molar-refractivity contribution is 5.21. The summed E-state index contributed by atoms with van der Waals surface area (Å²) in [6.07, 6.45) is 1.01. The molecule has 1 aliphatic rings. The Kier molecular flexibility index (Phi) is 5.24. The van der Waals surface area contributed by atoms with Crippen LogP contribution in [0.3, 0.4) is 0 Å². The van der Waals surface area contributed by atoms with Gasteiger partial charge in [-0.05, 0) is 43.5 Å². The first-order valence-electron chi connectivity index (χ1n) is 6.58. The van der Waals surface area contributed by atoms with E-state index in [2.05, 4.69) is 5.32 Å². The predicted octanol–water partition coefficient (Wildman–Crippen LogP) is 2.01. The van der Waals surface area contributed by atoms with Crippen LogP contribution in [0.2, 0.25) is 0 Å². The Morgan fingerprint density at radius 1 is 1.42 bits per heavy atom. The zero-order valence-electron chi connectivity index (χ0n) is 10.7. The summed E-state index contributed by atoms with van der Waals surface area (Å²) < 4.78 is 31.7. The molecule has 1 heterocycles. The minimum absolute atomic E-state index is 0.00306. The second-order valence-corrected chi connectivity index (χ2v) is 4.90. The van der Waals surface area contributed by atoms with E-state index in [1.54, 1.807) is 0 Å². The lowest BCUT2D eigenvalue weighted by Gasteiger charge is -2.14. The molecule has 1 aromatic carbocycles. The molecule has 3 nitrogen and oxygen atoms in total. The number of nitrogens with one attached hydrogen (secondary N) is 1. The van der Waals surface area contributed by atoms with Gasteiger partial charge in [0.15, 0.2) is 0 Å². The average molecular weight is 271 g/mol. The van der Waals surface area contributed by atoms with Crippen molar-refractivity contribution >= 4 is 0 Å². The van der Waals surface area contributed by atoms with E-state index in [1.807, 2.05) is 0 Å². The Balaban J connectivity index is 1.74. The molecule has 19 heavy (non-hydrogen) atoms. The first-order valence-corrected chi connectivity index (χ1v) is 6.58. The average Bonchev–Trinajstić information content (AvgIpc) is 2.90. The van der Waals surface area contributed by atoms with Crippen LogP contribution >= 0.6 is 0 Å². The summed E-state index contributed by atoms with van der Waals surface area (Å²) in [5.41, 5.74) is -0.00306. The standard InChI is InChI=1S/C14H19F2NO2/c15-11-1-2-13(16)12(7-11)14(18)8-17-5-3-10-4-6-19-9-10/h1-2,7,10,14,17-18H,3-6,8-9H2. The fourth-order valence-electron chi connectivity index (χ4n) is 2.24. The molecule has 0 spiro atoms. The van der Waals surface area contributed by atoms with Crippen LogP contribution in [0.4, 0.5) is 8.78 Å². The quantitative estimate of drug-likeness (QED) is 0.778. The zero-order valence-corrected chi connectivity index (χ0v) is 10.7. The van der Waals surface area contributed by atoms with Gasteiger partial charge in [-0.1, -0.05) is 0 Å². The van der Waals surface area contributed by atoms with E-state index in [0.717, 1.165) is 50.8 Å². The van der Waals surface area contributed by atoms with Gasteiger partial charge < -0.3 is 15.2 Å². The molecule has 0 bridgehead atoms. The lowest BCUT2D eigenvalue weighted by Crippen LogP contribution is -2.24. The second-order valence-electron chi connectivity index (χ2n) is 4.90. The first kappa shape index (κ1) is 14.4. The molecule has 1 saturated heterocycles. The van der Waals surface area contributed by atoms with Crippen LogP contribution in [0.15, 0.2) is 18.2 Å². The molecule has 2 unspecified atom stereocenters. The van der Waals surface area contributed by atoms with Crippen LogP contribution in [0.1, 0.15) is 24.5 Å². The van der Waals surface area contributed by atoms with Crippen LogP contribution in [0, 0.1) is 17.6 Å². The number of halogens is 2. The SMILES string of the molecule is OC(CNCCC1CCOC1)c1cc(F)ccc1F. The van der Waals surface area contributed by atoms with Crippen molar-refractivity contribution in [1.29, 1.82) is 0 Å². The predicted molar refractivity (Wildman–Crippen MR) is 67.7 cm³/mol. The van der Waals surface area contributed by atoms with Gasteiger partial charge in [0.05, 0.1) is 6.10 Å². The van der Waals surface area contributed by atoms with Crippen molar-refractivity contribution in [2.24, 2.45) is 5.92 Å². The second kappa shape index (κ2) is 6.93. The zero-order chi connectivity index (χ0) is 13.7. The number of hydrogen-bond acceptors (Lipinski definition) is 3. The van der Waals surface area contributed by atoms with Gasteiger partial charge in [0, 0.05) is 25.3 Å². The Labute approximate surface area is 111 Å². The molecular weight excluding hydrogens is 252 g/mol. The van der Waals surface area contributed by atoms with Gasteiger partial charge in [-0.25, -0.2) is 8.78 Å². The Morgan fingerprint density at radius 2 is 2.26 bits per heavy atom. The fourth-order valence-corrected chi connectivity index (χ4v) is 2.24. The van der Waals surface area contributed by atoms with Crippen LogP contribution in [-0.4, -0.2) is 31.4 Å². The van der Waals surface area contributed by atoms with Crippen LogP contribution < -0.4 is 5.32 Å². The Hall–Kier alpha value is -1.04. The van der Waals surface area contributed by atoms with Gasteiger partial charge in [0.2, 0.25) is 0 Å². The van der Waals surface area contributed by atoms with Gasteiger partial charge in [-0.3, -0.25) is 0 Å². The maximum Gasteiger partial charge on any atom is 0.129 e. The molecule has 5 heteroatoms. The maximum atomic E-state index is 13.4. The van der Waals surface area contributed by atoms with E-state index in [4.69, 9.17) is 4.74 Å². The molecule has 1 fully saturated rings. The molecule has 2 atom stereocenters. The third-order valence-electron chi connectivity index (χ3n) is 3.41. The summed E-state index contributed by atoms with van der Waals surface area (Å²) >= 11 is 0. The van der Waals surface area contributed by atoms with Crippen molar-refractivity contribution < 1.29 is 18.6 Å². The lowest BCUT2D eigenvalue weighted by atomic mass is 10.1. The largest absolute Gasteiger partial charge is 0.387 e. The van der Waals surface area contributed by atoms with Gasteiger partial charge in [-0.2, -0.15) is 0 Å². The summed E-state index contributed by atoms with van der Waals surface area (Å²) in [6, 6.07) is 3.11. The van der Waals surface area contributed by atoms with E-state index in [-0.39, 0.29) is 12.1 Å². The van der Waals surface area contributed by atoms with Gasteiger partial charge in [-0.15, -0.1) is 0 Å². The molecule has 0 aromatic heterocycles. The van der Waals surface area contributed by atoms with E-state index < -0.39 is 17.7 Å². The Morgan fingerprint density at radius 3 is 3.00 bits per heavy atom. The monoisotopic (exact) mass is 271 g/mol. The van der Waals surface area contributed by atoms with Crippen LogP contribution in [0.5, 0.6) is 0 Å². The Bertz CT molecular complexity index is 408. The maximum absolute atomic E-state index is 13.4. The summed E-state index contributed by atoms with van der Waals surface area (Å²) in [6.45, 7) is 2.57. The molecular formula is C14H19F2NO2. The van der Waals surface area contributed by atoms with Crippen molar-refractivity contribution in [2.75, 3.05) is 26.3 Å². The number of aliphatic hydroxyl groups is 1. The number of aliphatic hydroxyl groups excluding tert-OH is 1. The summed E-state index contributed by atoms with van der Waals surface area (Å²) in [4.78, 5) is 0. The van der Waals surface area contributed by atoms with Crippen molar-refractivity contribution in [1.82, 2.24) is 5.32 Å². The molecule has 1 aliphatic heterocycles. The molecule has 0 saturated carbocycles. The number of rotatable bonds is 6. The summed E-state index contributed by atoms with van der Waals surface area (Å²) in [7, 11) is 0. The van der Waals surface area contributed by atoms with E-state index >= 15 is 0 Å². The van der Waals surface area contributed by atoms with E-state index in [1.165, 1.54) is 0 Å². The first-order chi connectivity index (χ1) is 9.16. The van der Waals surface area contributed by atoms with Gasteiger partial charge in [0.25, 0.3) is 0 Å². The highest BCUT2D eigenvalue weighted by Gasteiger charge is 2.16. The minimum atomic E-state index is -1.03. The van der Waals surface area contributed by atoms with Gasteiger partial charge in [0.1, 0.15) is 11.6 Å². The van der Waals surface area contributed by atoms with E-state index in [0.29, 0.717) is 5.92 Å². The van der Waals surface area contributed by atoms with Crippen molar-refractivity contribution in [3.05, 3.63) is 35.4 Å². The highest BCUT2D eigenvalue weighted by Crippen LogP contribution is 2.18. The molecule has 0 amide bonds. The fraction of sp³-hybridized carbons (Fsp3) is 0.571. The molecule has 0 radical (unpaired) electrons. The normalized spacial score (nSPS) is 20.7. The number of ether oxygens (including phenoxy) is 1. The minimum Gasteiger partial charge on any atom is -0.387 e. The van der Waals surface area contributed by atoms with Crippen molar-refractivity contribution in [2.45, 2.75) is 18.9 Å². The molecule has 106 valence electrons. The molecule has 1 aromatic rings. The molecule has 2 rings (SSSR count). The highest BCUT2D eigenvalue weighted by atomic mass is 19.1. The van der Waals surface area contributed by atoms with Gasteiger partial charge >= 0.3 is 0 Å². The van der Waals surface area contributed by atoms with Crippen molar-refractivity contribution in [3.8, 4) is 0 Å². The lowest BCUT2D eigenvalue weighted by molar-refractivity contribution is 0.167. The van der Waals surface area contributed by atoms with Crippen LogP contribution in [-0.2, 0) is 4.74 Å². The third kappa shape index (κ3) is 4.23. The third-order valence-corrected chi connectivity index (χ3v) is 3.41. The van der Waals surface area contributed by atoms with Crippen LogP contribution in [0.25, 0.3) is 0 Å². The summed E-state index contributed by atoms with van der Waals surface area (Å²) in [5.74, 6) is -0.561. The number of hydrogen-bond donors (Lipinski definition) is 2. The molecule has 2 N–H and O–H groups in total. The van der Waals surface area contributed by atoms with Crippen molar-refractivity contribution in [3.63, 3.8) is 0 Å². The molecule has 0 aliphatic carbocycles. The number of benzene rings is 1. The summed E-state index contributed by atoms with van der Waals surface area (Å²) in [5, 5.41) is 12.9. The van der Waals surface area contributed by atoms with E-state index in [9.17, 15) is 13.9 Å². The topological polar surface area (TPSA) is 41.5 Å². The smallest absolute Gasteiger partial charge is 0.129 e.